The van der Waals surface area contributed by atoms with E-state index in [1.807, 2.05) is 19.9 Å². The maximum absolute atomic E-state index is 11.9. The molecule has 0 aromatic rings. The van der Waals surface area contributed by atoms with Crippen molar-refractivity contribution in [3.05, 3.63) is 23.8 Å². The Morgan fingerprint density at radius 1 is 1.43 bits per heavy atom. The molecule has 0 heterocycles. The number of aliphatic hydroxyl groups is 1. The molecule has 23 heavy (non-hydrogen) atoms. The summed E-state index contributed by atoms with van der Waals surface area (Å²) < 4.78 is 10.2. The summed E-state index contributed by atoms with van der Waals surface area (Å²) >= 11 is 0. The molecule has 0 radical (unpaired) electrons. The fraction of sp³-hybridized carbons (Fsp3) is 0.667. The molecule has 4 unspecified atom stereocenters. The smallest absolute Gasteiger partial charge is 0.333 e. The van der Waals surface area contributed by atoms with Gasteiger partial charge in [-0.05, 0) is 56.4 Å². The van der Waals surface area contributed by atoms with Crippen LogP contribution in [0.2, 0.25) is 0 Å². The van der Waals surface area contributed by atoms with E-state index in [4.69, 9.17) is 9.47 Å². The summed E-state index contributed by atoms with van der Waals surface area (Å²) in [6, 6.07) is 0. The Balaban J connectivity index is 2.33. The predicted octanol–water partition coefficient (Wildman–Crippen LogP) is 2.39. The monoisotopic (exact) mass is 322 g/mol. The van der Waals surface area contributed by atoms with E-state index < -0.39 is 11.6 Å². The molecule has 0 bridgehead atoms. The van der Waals surface area contributed by atoms with Crippen LogP contribution in [0.15, 0.2) is 23.8 Å². The van der Waals surface area contributed by atoms with Crippen LogP contribution in [0.25, 0.3) is 0 Å². The first-order valence-electron chi connectivity index (χ1n) is 8.02. The number of methoxy groups -OCH3 is 1. The Morgan fingerprint density at radius 2 is 2.09 bits per heavy atom. The zero-order valence-electron chi connectivity index (χ0n) is 14.3. The van der Waals surface area contributed by atoms with E-state index in [0.717, 1.165) is 5.57 Å². The molecule has 0 spiro atoms. The SMILES string of the molecule is C=C(C(=O)OC)C1CCC(C)(O)C2C[C@H](OC(C)=O)C(C)=CC12. The van der Waals surface area contributed by atoms with Crippen molar-refractivity contribution in [2.45, 2.75) is 51.7 Å². The highest BCUT2D eigenvalue weighted by Crippen LogP contribution is 2.50. The normalized spacial score (nSPS) is 36.5. The van der Waals surface area contributed by atoms with Crippen LogP contribution in [-0.2, 0) is 19.1 Å². The summed E-state index contributed by atoms with van der Waals surface area (Å²) in [7, 11) is 1.35. The lowest BCUT2D eigenvalue weighted by Gasteiger charge is -2.49. The average molecular weight is 322 g/mol. The molecule has 2 aliphatic rings. The summed E-state index contributed by atoms with van der Waals surface area (Å²) in [6.07, 6.45) is 3.54. The zero-order chi connectivity index (χ0) is 17.4. The largest absolute Gasteiger partial charge is 0.466 e. The first-order chi connectivity index (χ1) is 10.7. The van der Waals surface area contributed by atoms with E-state index in [-0.39, 0.29) is 29.8 Å². The van der Waals surface area contributed by atoms with E-state index in [2.05, 4.69) is 6.58 Å². The van der Waals surface area contributed by atoms with Crippen molar-refractivity contribution in [1.82, 2.24) is 0 Å². The van der Waals surface area contributed by atoms with E-state index >= 15 is 0 Å². The van der Waals surface area contributed by atoms with Crippen molar-refractivity contribution in [3.63, 3.8) is 0 Å². The molecule has 2 rings (SSSR count). The van der Waals surface area contributed by atoms with Gasteiger partial charge in [-0.25, -0.2) is 4.79 Å². The van der Waals surface area contributed by atoms with Crippen molar-refractivity contribution in [2.75, 3.05) is 7.11 Å². The Kier molecular flexibility index (Phi) is 4.99. The predicted molar refractivity (Wildman–Crippen MR) is 85.4 cm³/mol. The van der Waals surface area contributed by atoms with Crippen LogP contribution in [0.1, 0.15) is 40.0 Å². The maximum Gasteiger partial charge on any atom is 0.333 e. The second-order valence-electron chi connectivity index (χ2n) is 6.95. The number of esters is 2. The standard InChI is InChI=1S/C18H26O5/c1-10-8-14-13(11(2)17(20)22-5)6-7-18(4,21)15(14)9-16(10)23-12(3)19/h8,13-16,21H,2,6-7,9H2,1,3-5H3/t13?,14?,15?,16-,18?/m0/s1. The molecule has 128 valence electrons. The van der Waals surface area contributed by atoms with Crippen LogP contribution in [0.5, 0.6) is 0 Å². The Labute approximate surface area is 137 Å². The van der Waals surface area contributed by atoms with Gasteiger partial charge >= 0.3 is 11.9 Å². The summed E-state index contributed by atoms with van der Waals surface area (Å²) in [5.41, 5.74) is 0.558. The lowest BCUT2D eigenvalue weighted by molar-refractivity contribution is -0.149. The third-order valence-electron chi connectivity index (χ3n) is 5.32. The molecule has 0 aromatic heterocycles. The van der Waals surface area contributed by atoms with Gasteiger partial charge in [0.1, 0.15) is 6.10 Å². The second kappa shape index (κ2) is 6.48. The third kappa shape index (κ3) is 3.50. The number of allylic oxidation sites excluding steroid dienone is 1. The highest BCUT2D eigenvalue weighted by Gasteiger charge is 2.49. The van der Waals surface area contributed by atoms with Crippen LogP contribution >= 0.6 is 0 Å². The minimum atomic E-state index is -0.854. The van der Waals surface area contributed by atoms with Crippen molar-refractivity contribution in [2.24, 2.45) is 17.8 Å². The minimum Gasteiger partial charge on any atom is -0.466 e. The number of carbonyl (C=O) groups is 2. The lowest BCUT2D eigenvalue weighted by Crippen LogP contribution is -2.50. The van der Waals surface area contributed by atoms with E-state index in [1.54, 1.807) is 0 Å². The number of carbonyl (C=O) groups excluding carboxylic acids is 2. The van der Waals surface area contributed by atoms with Crippen molar-refractivity contribution < 1.29 is 24.2 Å². The van der Waals surface area contributed by atoms with Crippen LogP contribution < -0.4 is 0 Å². The van der Waals surface area contributed by atoms with Gasteiger partial charge in [-0.2, -0.15) is 0 Å². The number of rotatable bonds is 3. The summed E-state index contributed by atoms with van der Waals surface area (Å²) in [4.78, 5) is 23.2. The first kappa shape index (κ1) is 17.7. The fourth-order valence-electron chi connectivity index (χ4n) is 4.02. The summed E-state index contributed by atoms with van der Waals surface area (Å²) in [6.45, 7) is 9.04. The van der Waals surface area contributed by atoms with Gasteiger partial charge in [-0.3, -0.25) is 4.79 Å². The van der Waals surface area contributed by atoms with Crippen LogP contribution in [-0.4, -0.2) is 35.9 Å². The maximum atomic E-state index is 11.9. The molecule has 2 aliphatic carbocycles. The number of fused-ring (bicyclic) bond motifs is 1. The molecule has 1 N–H and O–H groups in total. The average Bonchev–Trinajstić information content (AvgIpc) is 2.47. The molecule has 1 saturated carbocycles. The van der Waals surface area contributed by atoms with E-state index in [1.165, 1.54) is 14.0 Å². The number of hydrogen-bond donors (Lipinski definition) is 1. The number of ether oxygens (including phenoxy) is 2. The summed E-state index contributed by atoms with van der Waals surface area (Å²) in [5.74, 6) is -0.871. The van der Waals surface area contributed by atoms with Gasteiger partial charge in [0.05, 0.1) is 12.7 Å². The van der Waals surface area contributed by atoms with Crippen molar-refractivity contribution in [1.29, 1.82) is 0 Å². The molecule has 1 fully saturated rings. The van der Waals surface area contributed by atoms with Gasteiger partial charge in [0.25, 0.3) is 0 Å². The highest BCUT2D eigenvalue weighted by molar-refractivity contribution is 5.88. The Bertz CT molecular complexity index is 546. The lowest BCUT2D eigenvalue weighted by atomic mass is 9.59. The fourth-order valence-corrected chi connectivity index (χ4v) is 4.02. The van der Waals surface area contributed by atoms with Crippen molar-refractivity contribution >= 4 is 11.9 Å². The minimum absolute atomic E-state index is 0.00263. The molecule has 5 atom stereocenters. The highest BCUT2D eigenvalue weighted by atomic mass is 16.5. The summed E-state index contributed by atoms with van der Waals surface area (Å²) in [5, 5.41) is 10.8. The third-order valence-corrected chi connectivity index (χ3v) is 5.32. The molecule has 0 saturated heterocycles. The molecular weight excluding hydrogens is 296 g/mol. The second-order valence-corrected chi connectivity index (χ2v) is 6.95. The topological polar surface area (TPSA) is 72.8 Å². The van der Waals surface area contributed by atoms with Crippen molar-refractivity contribution in [3.8, 4) is 0 Å². The molecule has 0 amide bonds. The molecule has 5 heteroatoms. The Morgan fingerprint density at radius 3 is 2.65 bits per heavy atom. The zero-order valence-corrected chi connectivity index (χ0v) is 14.3. The van der Waals surface area contributed by atoms with Gasteiger partial charge in [-0.15, -0.1) is 0 Å². The quantitative estimate of drug-likeness (QED) is 0.491. The Hall–Kier alpha value is -1.62. The molecule has 0 aromatic carbocycles. The van der Waals surface area contributed by atoms with E-state index in [0.29, 0.717) is 24.8 Å². The van der Waals surface area contributed by atoms with Crippen LogP contribution in [0.3, 0.4) is 0 Å². The molecule has 0 aliphatic heterocycles. The van der Waals surface area contributed by atoms with Gasteiger partial charge < -0.3 is 14.6 Å². The molecule has 5 nitrogen and oxygen atoms in total. The van der Waals surface area contributed by atoms with Gasteiger partial charge in [0, 0.05) is 12.5 Å². The first-order valence-corrected chi connectivity index (χ1v) is 8.02. The van der Waals surface area contributed by atoms with Crippen LogP contribution in [0.4, 0.5) is 0 Å². The van der Waals surface area contributed by atoms with Gasteiger partial charge in [0.2, 0.25) is 0 Å². The number of hydrogen-bond acceptors (Lipinski definition) is 5. The van der Waals surface area contributed by atoms with E-state index in [9.17, 15) is 14.7 Å². The molecular formula is C18H26O5. The van der Waals surface area contributed by atoms with Crippen LogP contribution in [0, 0.1) is 17.8 Å². The van der Waals surface area contributed by atoms with Gasteiger partial charge in [-0.1, -0.05) is 12.7 Å². The van der Waals surface area contributed by atoms with Gasteiger partial charge in [0.15, 0.2) is 0 Å².